The highest BCUT2D eigenvalue weighted by atomic mass is 32.2. The molecule has 0 radical (unpaired) electrons. The van der Waals surface area contributed by atoms with E-state index in [1.165, 1.54) is 10.4 Å². The van der Waals surface area contributed by atoms with Crippen molar-refractivity contribution in [3.8, 4) is 0 Å². The van der Waals surface area contributed by atoms with Gasteiger partial charge in [0.1, 0.15) is 0 Å². The van der Waals surface area contributed by atoms with E-state index in [1.807, 2.05) is 48.7 Å². The number of thiophene rings is 1. The summed E-state index contributed by atoms with van der Waals surface area (Å²) in [5.41, 5.74) is 3.26. The lowest BCUT2D eigenvalue weighted by Gasteiger charge is -2.19. The summed E-state index contributed by atoms with van der Waals surface area (Å²) in [5.74, 6) is 0.150. The zero-order chi connectivity index (χ0) is 21.0. The fourth-order valence-electron chi connectivity index (χ4n) is 3.36. The summed E-state index contributed by atoms with van der Waals surface area (Å²) in [4.78, 5) is 7.89. The SMILES string of the molecule is Cc1ccsc1CN(C)Cc1cnc(S(=O)(=O)CC(C)C)n1Cc1ccccc1. The number of nitrogens with zero attached hydrogens (tertiary/aromatic N) is 3. The summed E-state index contributed by atoms with van der Waals surface area (Å²) < 4.78 is 27.8. The zero-order valence-electron chi connectivity index (χ0n) is 17.5. The van der Waals surface area contributed by atoms with E-state index in [2.05, 4.69) is 35.3 Å². The van der Waals surface area contributed by atoms with Crippen LogP contribution in [0.15, 0.2) is 53.1 Å². The first-order chi connectivity index (χ1) is 13.8. The number of sulfone groups is 1. The molecule has 5 nitrogen and oxygen atoms in total. The van der Waals surface area contributed by atoms with Gasteiger partial charge in [-0.3, -0.25) is 4.90 Å². The van der Waals surface area contributed by atoms with Crippen LogP contribution in [0.4, 0.5) is 0 Å². The summed E-state index contributed by atoms with van der Waals surface area (Å²) in [6.45, 7) is 7.91. The van der Waals surface area contributed by atoms with E-state index in [9.17, 15) is 8.42 Å². The number of imidazole rings is 1. The zero-order valence-corrected chi connectivity index (χ0v) is 19.1. The third-order valence-electron chi connectivity index (χ3n) is 4.73. The molecule has 3 aromatic rings. The van der Waals surface area contributed by atoms with Crippen LogP contribution in [0.2, 0.25) is 0 Å². The summed E-state index contributed by atoms with van der Waals surface area (Å²) in [6, 6.07) is 12.1. The highest BCUT2D eigenvalue weighted by Gasteiger charge is 2.25. The predicted molar refractivity (Wildman–Crippen MR) is 119 cm³/mol. The second-order valence-electron chi connectivity index (χ2n) is 7.98. The molecule has 156 valence electrons. The molecule has 0 bridgehead atoms. The molecule has 29 heavy (non-hydrogen) atoms. The number of hydrogen-bond acceptors (Lipinski definition) is 5. The van der Waals surface area contributed by atoms with Gasteiger partial charge in [0.2, 0.25) is 15.0 Å². The highest BCUT2D eigenvalue weighted by Crippen LogP contribution is 2.21. The molecule has 0 unspecified atom stereocenters. The van der Waals surface area contributed by atoms with Crippen LogP contribution in [-0.4, -0.2) is 35.7 Å². The normalized spacial score (nSPS) is 12.2. The lowest BCUT2D eigenvalue weighted by Crippen LogP contribution is -2.22. The van der Waals surface area contributed by atoms with Crippen molar-refractivity contribution in [1.29, 1.82) is 0 Å². The van der Waals surface area contributed by atoms with Gasteiger partial charge in [0.25, 0.3) is 0 Å². The van der Waals surface area contributed by atoms with Crippen LogP contribution < -0.4 is 0 Å². The van der Waals surface area contributed by atoms with Crippen LogP contribution in [0, 0.1) is 12.8 Å². The van der Waals surface area contributed by atoms with Crippen molar-refractivity contribution < 1.29 is 8.42 Å². The van der Waals surface area contributed by atoms with E-state index in [4.69, 9.17) is 0 Å². The smallest absolute Gasteiger partial charge is 0.228 e. The van der Waals surface area contributed by atoms with Crippen LogP contribution in [0.1, 0.15) is 35.5 Å². The Morgan fingerprint density at radius 3 is 2.48 bits per heavy atom. The number of hydrogen-bond donors (Lipinski definition) is 0. The monoisotopic (exact) mass is 431 g/mol. The van der Waals surface area contributed by atoms with Crippen LogP contribution in [0.3, 0.4) is 0 Å². The first kappa shape index (κ1) is 21.7. The molecule has 2 aromatic heterocycles. The van der Waals surface area contributed by atoms with Gasteiger partial charge in [0.15, 0.2) is 0 Å². The molecule has 0 atom stereocenters. The molecule has 1 aromatic carbocycles. The molecule has 0 saturated heterocycles. The maximum absolute atomic E-state index is 13.0. The molecule has 0 aliphatic carbocycles. The second-order valence-corrected chi connectivity index (χ2v) is 10.9. The summed E-state index contributed by atoms with van der Waals surface area (Å²) in [6.07, 6.45) is 1.72. The second kappa shape index (κ2) is 9.24. The Hall–Kier alpha value is -1.96. The fourth-order valence-corrected chi connectivity index (χ4v) is 6.10. The summed E-state index contributed by atoms with van der Waals surface area (Å²) in [5, 5.41) is 2.28. The molecular weight excluding hydrogens is 402 g/mol. The molecular formula is C22H29N3O2S2. The Morgan fingerprint density at radius 1 is 1.14 bits per heavy atom. The van der Waals surface area contributed by atoms with Crippen LogP contribution in [0.5, 0.6) is 0 Å². The van der Waals surface area contributed by atoms with Crippen molar-refractivity contribution in [3.05, 3.63) is 69.7 Å². The fraction of sp³-hybridized carbons (Fsp3) is 0.409. The van der Waals surface area contributed by atoms with Gasteiger partial charge in [-0.15, -0.1) is 11.3 Å². The minimum atomic E-state index is -3.45. The van der Waals surface area contributed by atoms with Crippen LogP contribution in [-0.2, 0) is 29.5 Å². The van der Waals surface area contributed by atoms with Gasteiger partial charge in [-0.25, -0.2) is 13.4 Å². The van der Waals surface area contributed by atoms with Gasteiger partial charge in [0.05, 0.1) is 24.2 Å². The highest BCUT2D eigenvalue weighted by molar-refractivity contribution is 7.91. The number of aromatic nitrogens is 2. The van der Waals surface area contributed by atoms with Crippen molar-refractivity contribution in [2.75, 3.05) is 12.8 Å². The van der Waals surface area contributed by atoms with Crippen molar-refractivity contribution in [2.24, 2.45) is 5.92 Å². The molecule has 7 heteroatoms. The first-order valence-corrected chi connectivity index (χ1v) is 12.3. The predicted octanol–water partition coefficient (Wildman–Crippen LogP) is 4.36. The van der Waals surface area contributed by atoms with Crippen LogP contribution >= 0.6 is 11.3 Å². The lowest BCUT2D eigenvalue weighted by molar-refractivity contribution is 0.311. The average Bonchev–Trinajstić information content (AvgIpc) is 3.22. The van der Waals surface area contributed by atoms with Crippen molar-refractivity contribution >= 4 is 21.2 Å². The van der Waals surface area contributed by atoms with E-state index in [0.29, 0.717) is 13.1 Å². The minimum Gasteiger partial charge on any atom is -0.313 e. The molecule has 0 aliphatic rings. The van der Waals surface area contributed by atoms with E-state index in [1.54, 1.807) is 17.5 Å². The standard InChI is InChI=1S/C22H29N3O2S2/c1-17(2)16-29(26,27)22-23-12-20(25(22)13-19-8-6-5-7-9-19)14-24(4)15-21-18(3)10-11-28-21/h5-12,17H,13-16H2,1-4H3. The molecule has 2 heterocycles. The minimum absolute atomic E-state index is 0.0507. The largest absolute Gasteiger partial charge is 0.313 e. The van der Waals surface area contributed by atoms with E-state index < -0.39 is 9.84 Å². The number of rotatable bonds is 9. The van der Waals surface area contributed by atoms with Crippen molar-refractivity contribution in [2.45, 2.75) is 45.6 Å². The third kappa shape index (κ3) is 5.56. The maximum atomic E-state index is 13.0. The molecule has 0 aliphatic heterocycles. The first-order valence-electron chi connectivity index (χ1n) is 9.79. The Balaban J connectivity index is 1.90. The molecule has 0 spiro atoms. The Kier molecular flexibility index (Phi) is 6.93. The number of aryl methyl sites for hydroxylation is 1. The Morgan fingerprint density at radius 2 is 1.86 bits per heavy atom. The van der Waals surface area contributed by atoms with Gasteiger partial charge in [-0.05, 0) is 42.5 Å². The lowest BCUT2D eigenvalue weighted by atomic mass is 10.2. The van der Waals surface area contributed by atoms with E-state index in [0.717, 1.165) is 17.8 Å². The molecule has 0 saturated carbocycles. The Labute approximate surface area is 177 Å². The van der Waals surface area contributed by atoms with E-state index in [-0.39, 0.29) is 16.8 Å². The van der Waals surface area contributed by atoms with Gasteiger partial charge >= 0.3 is 0 Å². The van der Waals surface area contributed by atoms with Crippen LogP contribution in [0.25, 0.3) is 0 Å². The average molecular weight is 432 g/mol. The third-order valence-corrected chi connectivity index (χ3v) is 7.73. The van der Waals surface area contributed by atoms with Gasteiger partial charge < -0.3 is 4.57 Å². The van der Waals surface area contributed by atoms with Crippen molar-refractivity contribution in [1.82, 2.24) is 14.5 Å². The molecule has 3 rings (SSSR count). The van der Waals surface area contributed by atoms with Crippen molar-refractivity contribution in [3.63, 3.8) is 0 Å². The van der Waals surface area contributed by atoms with Gasteiger partial charge in [0, 0.05) is 18.0 Å². The molecule has 0 fully saturated rings. The molecule has 0 amide bonds. The summed E-state index contributed by atoms with van der Waals surface area (Å²) in [7, 11) is -1.39. The quantitative estimate of drug-likeness (QED) is 0.505. The number of benzene rings is 1. The van der Waals surface area contributed by atoms with Gasteiger partial charge in [-0.1, -0.05) is 44.2 Å². The van der Waals surface area contributed by atoms with E-state index >= 15 is 0 Å². The van der Waals surface area contributed by atoms with Gasteiger partial charge in [-0.2, -0.15) is 0 Å². The topological polar surface area (TPSA) is 55.2 Å². The maximum Gasteiger partial charge on any atom is 0.228 e. The Bertz CT molecular complexity index is 1040. The summed E-state index contributed by atoms with van der Waals surface area (Å²) >= 11 is 1.75. The molecule has 0 N–H and O–H groups in total.